The van der Waals surface area contributed by atoms with Crippen LogP contribution < -0.4 is 15.5 Å². The van der Waals surface area contributed by atoms with Crippen molar-refractivity contribution < 1.29 is 14.3 Å². The lowest BCUT2D eigenvalue weighted by molar-refractivity contribution is 0.0636. The molecule has 2 aromatic carbocycles. The molecule has 2 aromatic rings. The molecule has 0 unspecified atom stereocenters. The minimum absolute atomic E-state index is 0.274. The van der Waals surface area contributed by atoms with Gasteiger partial charge in [0.15, 0.2) is 0 Å². The number of para-hydroxylation sites is 1. The number of benzene rings is 2. The summed E-state index contributed by atoms with van der Waals surface area (Å²) in [5.74, 6) is -0.274. The minimum Gasteiger partial charge on any atom is -0.444 e. The highest BCUT2D eigenvalue weighted by Gasteiger charge is 2.17. The molecule has 2 N–H and O–H groups in total. The van der Waals surface area contributed by atoms with E-state index in [1.54, 1.807) is 63.2 Å². The first kappa shape index (κ1) is 20.6. The molecule has 0 fully saturated rings. The van der Waals surface area contributed by atoms with Gasteiger partial charge >= 0.3 is 6.09 Å². The maximum Gasteiger partial charge on any atom is 0.412 e. The first-order valence-corrected chi connectivity index (χ1v) is 8.82. The fourth-order valence-corrected chi connectivity index (χ4v) is 2.74. The molecular formula is C20H24ClN3O3. The van der Waals surface area contributed by atoms with E-state index >= 15 is 0 Å². The van der Waals surface area contributed by atoms with Crippen molar-refractivity contribution in [2.45, 2.75) is 26.4 Å². The van der Waals surface area contributed by atoms with Gasteiger partial charge in [-0.3, -0.25) is 10.1 Å². The molecule has 144 valence electrons. The van der Waals surface area contributed by atoms with Crippen molar-refractivity contribution in [3.8, 4) is 0 Å². The molecule has 27 heavy (non-hydrogen) atoms. The number of anilines is 3. The SMILES string of the molecule is CN(C)c1c(Cl)cccc1NC(=O)c1ccc(NC(=O)OC(C)(C)C)cc1. The van der Waals surface area contributed by atoms with Crippen LogP contribution in [0.4, 0.5) is 21.9 Å². The maximum atomic E-state index is 12.5. The van der Waals surface area contributed by atoms with Crippen LogP contribution in [-0.4, -0.2) is 31.7 Å². The molecule has 2 rings (SSSR count). The molecule has 0 spiro atoms. The number of halogens is 1. The third-order valence-corrected chi connectivity index (χ3v) is 3.78. The third kappa shape index (κ3) is 5.89. The summed E-state index contributed by atoms with van der Waals surface area (Å²) >= 11 is 6.22. The number of hydrogen-bond donors (Lipinski definition) is 2. The predicted octanol–water partition coefficient (Wildman–Crippen LogP) is 5.01. The Hall–Kier alpha value is -2.73. The third-order valence-electron chi connectivity index (χ3n) is 3.47. The summed E-state index contributed by atoms with van der Waals surface area (Å²) in [6.45, 7) is 5.37. The molecule has 0 aliphatic carbocycles. The molecule has 0 aromatic heterocycles. The van der Waals surface area contributed by atoms with Gasteiger partial charge in [0, 0.05) is 25.3 Å². The Kier molecular flexibility index (Phi) is 6.33. The fraction of sp³-hybridized carbons (Fsp3) is 0.300. The van der Waals surface area contributed by atoms with Crippen LogP contribution in [0, 0.1) is 0 Å². The van der Waals surface area contributed by atoms with Crippen molar-refractivity contribution in [2.75, 3.05) is 29.6 Å². The van der Waals surface area contributed by atoms with Crippen LogP contribution >= 0.6 is 11.6 Å². The molecule has 0 aliphatic heterocycles. The molecule has 2 amide bonds. The van der Waals surface area contributed by atoms with Crippen molar-refractivity contribution in [3.63, 3.8) is 0 Å². The van der Waals surface area contributed by atoms with Gasteiger partial charge in [0.2, 0.25) is 0 Å². The summed E-state index contributed by atoms with van der Waals surface area (Å²) in [6.07, 6.45) is -0.547. The molecule has 0 atom stereocenters. The van der Waals surface area contributed by atoms with E-state index in [0.717, 1.165) is 5.69 Å². The molecule has 0 bridgehead atoms. The number of ether oxygens (including phenoxy) is 1. The number of carbonyl (C=O) groups is 2. The zero-order valence-electron chi connectivity index (χ0n) is 16.1. The second-order valence-electron chi connectivity index (χ2n) is 7.19. The summed E-state index contributed by atoms with van der Waals surface area (Å²) in [5.41, 5.74) is 1.77. The van der Waals surface area contributed by atoms with Crippen LogP contribution in [0.1, 0.15) is 31.1 Å². The summed E-state index contributed by atoms with van der Waals surface area (Å²) < 4.78 is 5.20. The highest BCUT2D eigenvalue weighted by Crippen LogP contribution is 2.32. The second-order valence-corrected chi connectivity index (χ2v) is 7.60. The summed E-state index contributed by atoms with van der Waals surface area (Å²) in [6, 6.07) is 11.9. The van der Waals surface area contributed by atoms with Gasteiger partial charge in [-0.25, -0.2) is 4.79 Å². The van der Waals surface area contributed by atoms with Gasteiger partial charge < -0.3 is 15.0 Å². The van der Waals surface area contributed by atoms with Crippen LogP contribution in [0.25, 0.3) is 0 Å². The van der Waals surface area contributed by atoms with Gasteiger partial charge in [-0.15, -0.1) is 0 Å². The van der Waals surface area contributed by atoms with Gasteiger partial charge in [-0.2, -0.15) is 0 Å². The number of hydrogen-bond acceptors (Lipinski definition) is 4. The van der Waals surface area contributed by atoms with Gasteiger partial charge in [0.05, 0.1) is 16.4 Å². The van der Waals surface area contributed by atoms with Crippen molar-refractivity contribution in [1.82, 2.24) is 0 Å². The van der Waals surface area contributed by atoms with Gasteiger partial charge in [-0.05, 0) is 57.2 Å². The fourth-order valence-electron chi connectivity index (χ4n) is 2.39. The average Bonchev–Trinajstić information content (AvgIpc) is 2.53. The largest absolute Gasteiger partial charge is 0.444 e. The molecule has 7 heteroatoms. The van der Waals surface area contributed by atoms with Gasteiger partial charge in [-0.1, -0.05) is 17.7 Å². The van der Waals surface area contributed by atoms with Crippen LogP contribution in [0.5, 0.6) is 0 Å². The van der Waals surface area contributed by atoms with Crippen molar-refractivity contribution in [1.29, 1.82) is 0 Å². The highest BCUT2D eigenvalue weighted by molar-refractivity contribution is 6.34. The van der Waals surface area contributed by atoms with E-state index in [0.29, 0.717) is 22.0 Å². The average molecular weight is 390 g/mol. The summed E-state index contributed by atoms with van der Waals surface area (Å²) in [7, 11) is 3.71. The first-order chi connectivity index (χ1) is 12.6. The normalized spacial score (nSPS) is 10.9. The Morgan fingerprint density at radius 3 is 2.19 bits per heavy atom. The minimum atomic E-state index is -0.578. The molecule has 0 heterocycles. The van der Waals surface area contributed by atoms with E-state index in [-0.39, 0.29) is 5.91 Å². The van der Waals surface area contributed by atoms with Crippen LogP contribution in [0.15, 0.2) is 42.5 Å². The van der Waals surface area contributed by atoms with E-state index in [2.05, 4.69) is 10.6 Å². The number of rotatable bonds is 4. The lowest BCUT2D eigenvalue weighted by Crippen LogP contribution is -2.27. The van der Waals surface area contributed by atoms with Crippen LogP contribution in [0.2, 0.25) is 5.02 Å². The van der Waals surface area contributed by atoms with Gasteiger partial charge in [0.1, 0.15) is 5.60 Å². The zero-order chi connectivity index (χ0) is 20.2. The number of carbonyl (C=O) groups excluding carboxylic acids is 2. The second kappa shape index (κ2) is 8.31. The van der Waals surface area contributed by atoms with E-state index in [1.807, 2.05) is 19.0 Å². The lowest BCUT2D eigenvalue weighted by atomic mass is 10.1. The molecule has 0 saturated carbocycles. The molecule has 0 radical (unpaired) electrons. The Morgan fingerprint density at radius 1 is 1.00 bits per heavy atom. The molecule has 6 nitrogen and oxygen atoms in total. The summed E-state index contributed by atoms with van der Waals surface area (Å²) in [4.78, 5) is 26.2. The molecule has 0 aliphatic rings. The Labute approximate surface area is 164 Å². The van der Waals surface area contributed by atoms with Crippen molar-refractivity contribution in [3.05, 3.63) is 53.1 Å². The lowest BCUT2D eigenvalue weighted by Gasteiger charge is -2.20. The van der Waals surface area contributed by atoms with Crippen molar-refractivity contribution in [2.24, 2.45) is 0 Å². The Bertz CT molecular complexity index is 827. The van der Waals surface area contributed by atoms with Crippen LogP contribution in [-0.2, 0) is 4.74 Å². The first-order valence-electron chi connectivity index (χ1n) is 8.44. The van der Waals surface area contributed by atoms with Gasteiger partial charge in [0.25, 0.3) is 5.91 Å². The van der Waals surface area contributed by atoms with E-state index in [4.69, 9.17) is 16.3 Å². The predicted molar refractivity (Wildman–Crippen MR) is 110 cm³/mol. The highest BCUT2D eigenvalue weighted by atomic mass is 35.5. The van der Waals surface area contributed by atoms with E-state index in [9.17, 15) is 9.59 Å². The summed E-state index contributed by atoms with van der Waals surface area (Å²) in [5, 5.41) is 6.04. The topological polar surface area (TPSA) is 70.7 Å². The Morgan fingerprint density at radius 2 is 1.63 bits per heavy atom. The number of amides is 2. The van der Waals surface area contributed by atoms with Crippen LogP contribution in [0.3, 0.4) is 0 Å². The zero-order valence-corrected chi connectivity index (χ0v) is 16.8. The quantitative estimate of drug-likeness (QED) is 0.771. The van der Waals surface area contributed by atoms with E-state index in [1.165, 1.54) is 0 Å². The Balaban J connectivity index is 2.09. The van der Waals surface area contributed by atoms with Crippen molar-refractivity contribution >= 4 is 40.7 Å². The molecule has 0 saturated heterocycles. The van der Waals surface area contributed by atoms with E-state index < -0.39 is 11.7 Å². The number of nitrogens with zero attached hydrogens (tertiary/aromatic N) is 1. The monoisotopic (exact) mass is 389 g/mol. The maximum absolute atomic E-state index is 12.5. The smallest absolute Gasteiger partial charge is 0.412 e. The number of nitrogens with one attached hydrogen (secondary N) is 2. The standard InChI is InChI=1S/C20H24ClN3O3/c1-20(2,3)27-19(26)22-14-11-9-13(10-12-14)18(25)23-16-8-6-7-15(21)17(16)24(4)5/h6-12H,1-5H3,(H,22,26)(H,23,25). The molecular weight excluding hydrogens is 366 g/mol.